The van der Waals surface area contributed by atoms with Crippen LogP contribution in [0, 0.1) is 17.8 Å². The maximum atomic E-state index is 13.6. The van der Waals surface area contributed by atoms with Gasteiger partial charge in [-0.1, -0.05) is 30.3 Å². The van der Waals surface area contributed by atoms with Crippen molar-refractivity contribution in [2.75, 3.05) is 18.5 Å². The number of azo groups is 1. The number of carbonyl (C=O) groups is 2. The average Bonchev–Trinajstić information content (AvgIpc) is 3.72. The SMILES string of the molecule is Cn1cnc2cc(-c3ccc(C[C@H](CC(=O)C4CCC(CN)CC4)C(=O)Nc4ccc(C5=NCN=N5)cc4)cc3)ccc21. The van der Waals surface area contributed by atoms with Crippen LogP contribution in [0.4, 0.5) is 5.69 Å². The highest BCUT2D eigenvalue weighted by atomic mass is 16.2. The molecule has 9 heteroatoms. The lowest BCUT2D eigenvalue weighted by molar-refractivity contribution is -0.129. The molecule has 1 fully saturated rings. The van der Waals surface area contributed by atoms with Gasteiger partial charge in [-0.05, 0) is 97.7 Å². The van der Waals surface area contributed by atoms with Gasteiger partial charge in [0.05, 0.1) is 17.4 Å². The molecule has 4 aromatic rings. The first-order valence-corrected chi connectivity index (χ1v) is 15.0. The van der Waals surface area contributed by atoms with E-state index < -0.39 is 5.92 Å². The van der Waals surface area contributed by atoms with E-state index in [4.69, 9.17) is 5.73 Å². The molecule has 1 aliphatic heterocycles. The molecule has 1 aliphatic carbocycles. The van der Waals surface area contributed by atoms with Crippen molar-refractivity contribution >= 4 is 34.2 Å². The number of aliphatic imine (C=N–C) groups is 1. The molecule has 220 valence electrons. The van der Waals surface area contributed by atoms with Gasteiger partial charge < -0.3 is 15.6 Å². The van der Waals surface area contributed by atoms with Gasteiger partial charge in [-0.25, -0.2) is 9.98 Å². The number of anilines is 1. The summed E-state index contributed by atoms with van der Waals surface area (Å²) < 4.78 is 2.00. The monoisotopic (exact) mass is 575 g/mol. The third kappa shape index (κ3) is 6.62. The van der Waals surface area contributed by atoms with Gasteiger partial charge >= 0.3 is 0 Å². The average molecular weight is 576 g/mol. The molecule has 0 radical (unpaired) electrons. The van der Waals surface area contributed by atoms with Crippen LogP contribution < -0.4 is 11.1 Å². The Bertz CT molecular complexity index is 1660. The zero-order chi connectivity index (χ0) is 29.8. The van der Waals surface area contributed by atoms with Crippen molar-refractivity contribution in [1.29, 1.82) is 0 Å². The molecule has 9 nitrogen and oxygen atoms in total. The summed E-state index contributed by atoms with van der Waals surface area (Å²) >= 11 is 0. The molecule has 3 N–H and O–H groups in total. The lowest BCUT2D eigenvalue weighted by atomic mass is 9.77. The number of carbonyl (C=O) groups excluding carboxylic acids is 2. The van der Waals surface area contributed by atoms with Gasteiger partial charge in [0.1, 0.15) is 5.78 Å². The number of hydrogen-bond donors (Lipinski definition) is 2. The normalized spacial score (nSPS) is 18.9. The van der Waals surface area contributed by atoms with E-state index in [1.54, 1.807) is 0 Å². The zero-order valence-corrected chi connectivity index (χ0v) is 24.4. The van der Waals surface area contributed by atoms with Crippen LogP contribution in [0.3, 0.4) is 0 Å². The number of rotatable bonds is 10. The Balaban J connectivity index is 1.17. The summed E-state index contributed by atoms with van der Waals surface area (Å²) in [5.74, 6) is 0.634. The summed E-state index contributed by atoms with van der Waals surface area (Å²) in [6, 6.07) is 21.9. The van der Waals surface area contributed by atoms with Crippen LogP contribution in [0.15, 0.2) is 88.3 Å². The van der Waals surface area contributed by atoms with Crippen molar-refractivity contribution in [3.63, 3.8) is 0 Å². The highest BCUT2D eigenvalue weighted by molar-refractivity contribution is 6.01. The molecule has 0 saturated heterocycles. The van der Waals surface area contributed by atoms with Crippen molar-refractivity contribution in [1.82, 2.24) is 9.55 Å². The van der Waals surface area contributed by atoms with Crippen LogP contribution in [0.2, 0.25) is 0 Å². The van der Waals surface area contributed by atoms with Crippen LogP contribution in [0.5, 0.6) is 0 Å². The fraction of sp³-hybridized carbons (Fsp3) is 0.353. The summed E-state index contributed by atoms with van der Waals surface area (Å²) in [4.78, 5) is 35.8. The Morgan fingerprint density at radius 1 is 0.953 bits per heavy atom. The van der Waals surface area contributed by atoms with Crippen LogP contribution >= 0.6 is 0 Å². The number of benzene rings is 3. The number of amidine groups is 1. The van der Waals surface area contributed by atoms with Gasteiger partial charge in [-0.3, -0.25) is 9.59 Å². The number of hydrogen-bond acceptors (Lipinski definition) is 7. The first-order valence-electron chi connectivity index (χ1n) is 15.0. The van der Waals surface area contributed by atoms with E-state index in [1.807, 2.05) is 42.2 Å². The van der Waals surface area contributed by atoms with Gasteiger partial charge in [0.25, 0.3) is 0 Å². The third-order valence-corrected chi connectivity index (χ3v) is 8.81. The second kappa shape index (κ2) is 12.8. The maximum Gasteiger partial charge on any atom is 0.228 e. The second-order valence-electron chi connectivity index (χ2n) is 11.7. The van der Waals surface area contributed by atoms with Crippen LogP contribution in [0.25, 0.3) is 22.2 Å². The maximum absolute atomic E-state index is 13.6. The van der Waals surface area contributed by atoms with E-state index in [0.29, 0.717) is 37.1 Å². The molecule has 2 heterocycles. The quantitative estimate of drug-likeness (QED) is 0.243. The van der Waals surface area contributed by atoms with E-state index in [0.717, 1.165) is 59.0 Å². The number of aromatic nitrogens is 2. The molecule has 0 spiro atoms. The van der Waals surface area contributed by atoms with E-state index in [-0.39, 0.29) is 24.0 Å². The topological polar surface area (TPSA) is 127 Å². The van der Waals surface area contributed by atoms with E-state index in [1.165, 1.54) is 0 Å². The van der Waals surface area contributed by atoms with Crippen LogP contribution in [-0.2, 0) is 23.1 Å². The van der Waals surface area contributed by atoms with Crippen molar-refractivity contribution < 1.29 is 9.59 Å². The Labute approximate surface area is 251 Å². The lowest BCUT2D eigenvalue weighted by Crippen LogP contribution is -2.31. The summed E-state index contributed by atoms with van der Waals surface area (Å²) in [7, 11) is 1.99. The number of nitrogens with two attached hydrogens (primary N) is 1. The highest BCUT2D eigenvalue weighted by Gasteiger charge is 2.30. The van der Waals surface area contributed by atoms with E-state index >= 15 is 0 Å². The molecule has 0 bridgehead atoms. The molecule has 1 atom stereocenters. The third-order valence-electron chi connectivity index (χ3n) is 8.81. The fourth-order valence-corrected chi connectivity index (χ4v) is 6.15. The first-order chi connectivity index (χ1) is 21.0. The molecule has 1 aromatic heterocycles. The van der Waals surface area contributed by atoms with E-state index in [2.05, 4.69) is 68.0 Å². The predicted octanol–water partition coefficient (Wildman–Crippen LogP) is 5.93. The van der Waals surface area contributed by atoms with Gasteiger partial charge in [-0.15, -0.1) is 5.11 Å². The van der Waals surface area contributed by atoms with Crippen molar-refractivity contribution in [2.24, 2.45) is 45.8 Å². The summed E-state index contributed by atoms with van der Waals surface area (Å²) in [5, 5.41) is 11.0. The number of amides is 1. The van der Waals surface area contributed by atoms with Crippen molar-refractivity contribution in [2.45, 2.75) is 38.5 Å². The summed E-state index contributed by atoms with van der Waals surface area (Å²) in [5.41, 5.74) is 12.6. The fourth-order valence-electron chi connectivity index (χ4n) is 6.15. The van der Waals surface area contributed by atoms with Crippen LogP contribution in [-0.4, -0.2) is 40.3 Å². The van der Waals surface area contributed by atoms with E-state index in [9.17, 15) is 9.59 Å². The molecule has 3 aromatic carbocycles. The Kier molecular flexibility index (Phi) is 8.51. The lowest BCUT2D eigenvalue weighted by Gasteiger charge is -2.27. The minimum Gasteiger partial charge on any atom is -0.334 e. The molecule has 1 saturated carbocycles. The summed E-state index contributed by atoms with van der Waals surface area (Å²) in [6.07, 6.45) is 6.18. The minimum atomic E-state index is -0.483. The van der Waals surface area contributed by atoms with Crippen molar-refractivity contribution in [3.05, 3.63) is 84.2 Å². The number of fused-ring (bicyclic) bond motifs is 1. The predicted molar refractivity (Wildman–Crippen MR) is 169 cm³/mol. The number of imidazole rings is 1. The first kappa shape index (κ1) is 28.6. The van der Waals surface area contributed by atoms with Gasteiger partial charge in [0.2, 0.25) is 5.91 Å². The largest absolute Gasteiger partial charge is 0.334 e. The molecule has 43 heavy (non-hydrogen) atoms. The Hall–Kier alpha value is -4.50. The van der Waals surface area contributed by atoms with Crippen LogP contribution in [0.1, 0.15) is 43.2 Å². The van der Waals surface area contributed by atoms with Gasteiger partial charge in [0.15, 0.2) is 12.5 Å². The Morgan fingerprint density at radius 3 is 2.37 bits per heavy atom. The number of nitrogens with zero attached hydrogens (tertiary/aromatic N) is 5. The second-order valence-corrected chi connectivity index (χ2v) is 11.7. The Morgan fingerprint density at radius 2 is 1.67 bits per heavy atom. The van der Waals surface area contributed by atoms with Crippen molar-refractivity contribution in [3.8, 4) is 11.1 Å². The minimum absolute atomic E-state index is 0.00243. The molecule has 0 unspecified atom stereocenters. The zero-order valence-electron chi connectivity index (χ0n) is 24.4. The molecule has 1 amide bonds. The standard InChI is InChI=1S/C34H37N7O2/c1-41-21-37-30-17-27(12-15-31(30)41)24-6-2-22(3-7-24)16-28(18-32(42)25-8-4-23(19-35)5-9-25)34(43)39-29-13-10-26(11-14-29)33-36-20-38-40-33/h2-3,6-7,10-15,17,21,23,25,28H,4-5,8-9,16,18-20,35H2,1H3,(H,39,43)/t23?,25?,28-/m1/s1. The molecular formula is C34H37N7O2. The number of Topliss-reactive ketones (excluding diaryl/α,β-unsaturated/α-hetero) is 1. The number of aryl methyl sites for hydroxylation is 1. The molecular weight excluding hydrogens is 538 g/mol. The smallest absolute Gasteiger partial charge is 0.228 e. The highest BCUT2D eigenvalue weighted by Crippen LogP contribution is 2.31. The number of nitrogens with one attached hydrogen (secondary N) is 1. The van der Waals surface area contributed by atoms with Gasteiger partial charge in [-0.2, -0.15) is 5.11 Å². The molecule has 2 aliphatic rings. The number of ketones is 1. The van der Waals surface area contributed by atoms with Gasteiger partial charge in [0, 0.05) is 36.6 Å². The molecule has 6 rings (SSSR count). The summed E-state index contributed by atoms with van der Waals surface area (Å²) in [6.45, 7) is 1.02.